The van der Waals surface area contributed by atoms with E-state index in [1.807, 2.05) is 43.5 Å². The van der Waals surface area contributed by atoms with Gasteiger partial charge in [-0.05, 0) is 37.1 Å². The van der Waals surface area contributed by atoms with E-state index >= 15 is 0 Å². The van der Waals surface area contributed by atoms with Gasteiger partial charge in [0, 0.05) is 25.4 Å². The Morgan fingerprint density at radius 3 is 2.52 bits per heavy atom. The first-order valence-electron chi connectivity index (χ1n) is 7.39. The highest BCUT2D eigenvalue weighted by atomic mass is 16.5. The van der Waals surface area contributed by atoms with Gasteiger partial charge in [0.25, 0.3) is 5.56 Å². The van der Waals surface area contributed by atoms with Crippen molar-refractivity contribution in [2.24, 2.45) is 0 Å². The lowest BCUT2D eigenvalue weighted by Gasteiger charge is -2.10. The van der Waals surface area contributed by atoms with Crippen molar-refractivity contribution >= 4 is 5.69 Å². The Labute approximate surface area is 125 Å². The van der Waals surface area contributed by atoms with Crippen LogP contribution in [0.3, 0.4) is 0 Å². The predicted octanol–water partition coefficient (Wildman–Crippen LogP) is 3.27. The van der Waals surface area contributed by atoms with Crippen LogP contribution in [0.25, 0.3) is 0 Å². The van der Waals surface area contributed by atoms with Gasteiger partial charge in [-0.15, -0.1) is 0 Å². The largest absolute Gasteiger partial charge is 0.494 e. The lowest BCUT2D eigenvalue weighted by molar-refractivity contribution is 0.317. The third-order valence-corrected chi connectivity index (χ3v) is 3.22. The molecule has 0 unspecified atom stereocenters. The molecule has 0 aliphatic heterocycles. The van der Waals surface area contributed by atoms with Crippen LogP contribution < -0.4 is 15.6 Å². The van der Waals surface area contributed by atoms with Gasteiger partial charge in [-0.1, -0.05) is 19.1 Å². The maximum atomic E-state index is 11.5. The smallest absolute Gasteiger partial charge is 0.250 e. The first-order chi connectivity index (χ1) is 10.2. The normalized spacial score (nSPS) is 10.4. The summed E-state index contributed by atoms with van der Waals surface area (Å²) in [6.07, 6.45) is 2.86. The topological polar surface area (TPSA) is 43.3 Å². The number of pyridine rings is 1. The number of ether oxygens (including phenoxy) is 1. The summed E-state index contributed by atoms with van der Waals surface area (Å²) in [5, 5.41) is 3.32. The molecule has 112 valence electrons. The SMILES string of the molecule is CCCOc1ccc(CNc2ccc(=O)n(CC)c2)cc1. The van der Waals surface area contributed by atoms with E-state index in [1.165, 1.54) is 5.56 Å². The van der Waals surface area contributed by atoms with Gasteiger partial charge in [0.05, 0.1) is 12.3 Å². The Kier molecular flexibility index (Phi) is 5.43. The zero-order chi connectivity index (χ0) is 15.1. The molecule has 0 bridgehead atoms. The fourth-order valence-corrected chi connectivity index (χ4v) is 2.01. The molecule has 21 heavy (non-hydrogen) atoms. The summed E-state index contributed by atoms with van der Waals surface area (Å²) < 4.78 is 7.24. The maximum Gasteiger partial charge on any atom is 0.250 e. The summed E-state index contributed by atoms with van der Waals surface area (Å²) in [4.78, 5) is 11.5. The van der Waals surface area contributed by atoms with Crippen molar-refractivity contribution in [2.45, 2.75) is 33.4 Å². The summed E-state index contributed by atoms with van der Waals surface area (Å²) >= 11 is 0. The van der Waals surface area contributed by atoms with E-state index < -0.39 is 0 Å². The number of aromatic nitrogens is 1. The molecular formula is C17H22N2O2. The highest BCUT2D eigenvalue weighted by Gasteiger charge is 1.99. The number of rotatable bonds is 7. The number of benzene rings is 1. The molecule has 1 aromatic heterocycles. The highest BCUT2D eigenvalue weighted by Crippen LogP contribution is 2.14. The molecule has 0 amide bonds. The van der Waals surface area contributed by atoms with Gasteiger partial charge >= 0.3 is 0 Å². The number of aryl methyl sites for hydroxylation is 1. The number of nitrogens with zero attached hydrogens (tertiary/aromatic N) is 1. The minimum Gasteiger partial charge on any atom is -0.494 e. The van der Waals surface area contributed by atoms with Gasteiger partial charge < -0.3 is 14.6 Å². The summed E-state index contributed by atoms with van der Waals surface area (Å²) in [5.41, 5.74) is 2.15. The van der Waals surface area contributed by atoms with E-state index in [0.29, 0.717) is 6.54 Å². The molecule has 0 fully saturated rings. The molecular weight excluding hydrogens is 264 g/mol. The Morgan fingerprint density at radius 1 is 1.10 bits per heavy atom. The summed E-state index contributed by atoms with van der Waals surface area (Å²) in [6.45, 7) is 6.19. The lowest BCUT2D eigenvalue weighted by Crippen LogP contribution is -2.17. The van der Waals surface area contributed by atoms with Crippen molar-refractivity contribution in [3.05, 3.63) is 58.5 Å². The van der Waals surface area contributed by atoms with Crippen molar-refractivity contribution < 1.29 is 4.74 Å². The minimum absolute atomic E-state index is 0.0282. The predicted molar refractivity (Wildman–Crippen MR) is 85.9 cm³/mol. The van der Waals surface area contributed by atoms with E-state index in [2.05, 4.69) is 12.2 Å². The van der Waals surface area contributed by atoms with E-state index in [0.717, 1.165) is 31.0 Å². The second kappa shape index (κ2) is 7.53. The molecule has 0 radical (unpaired) electrons. The van der Waals surface area contributed by atoms with Crippen LogP contribution in [-0.4, -0.2) is 11.2 Å². The van der Waals surface area contributed by atoms with E-state index in [1.54, 1.807) is 10.6 Å². The van der Waals surface area contributed by atoms with Crippen molar-refractivity contribution in [3.63, 3.8) is 0 Å². The zero-order valence-electron chi connectivity index (χ0n) is 12.6. The van der Waals surface area contributed by atoms with Gasteiger partial charge in [-0.3, -0.25) is 4.79 Å². The van der Waals surface area contributed by atoms with Crippen LogP contribution in [0.5, 0.6) is 5.75 Å². The molecule has 4 nitrogen and oxygen atoms in total. The molecule has 0 spiro atoms. The van der Waals surface area contributed by atoms with Crippen LogP contribution in [0.1, 0.15) is 25.8 Å². The maximum absolute atomic E-state index is 11.5. The Balaban J connectivity index is 1.95. The first kappa shape index (κ1) is 15.2. The van der Waals surface area contributed by atoms with E-state index in [-0.39, 0.29) is 5.56 Å². The summed E-state index contributed by atoms with van der Waals surface area (Å²) in [7, 11) is 0. The highest BCUT2D eigenvalue weighted by molar-refractivity contribution is 5.41. The third-order valence-electron chi connectivity index (χ3n) is 3.22. The standard InChI is InChI=1S/C17H22N2O2/c1-3-11-21-16-8-5-14(6-9-16)12-18-15-7-10-17(20)19(4-2)13-15/h5-10,13,18H,3-4,11-12H2,1-2H3. The van der Waals surface area contributed by atoms with Crippen LogP contribution in [-0.2, 0) is 13.1 Å². The van der Waals surface area contributed by atoms with Crippen molar-refractivity contribution in [2.75, 3.05) is 11.9 Å². The molecule has 0 saturated heterocycles. The van der Waals surface area contributed by atoms with Gasteiger partial charge in [-0.25, -0.2) is 0 Å². The van der Waals surface area contributed by atoms with Gasteiger partial charge in [0.15, 0.2) is 0 Å². The first-order valence-corrected chi connectivity index (χ1v) is 7.39. The van der Waals surface area contributed by atoms with Crippen LogP contribution in [0.15, 0.2) is 47.4 Å². The van der Waals surface area contributed by atoms with Crippen LogP contribution in [0, 0.1) is 0 Å². The Hall–Kier alpha value is -2.23. The number of hydrogen-bond acceptors (Lipinski definition) is 3. The fraction of sp³-hybridized carbons (Fsp3) is 0.353. The molecule has 1 N–H and O–H groups in total. The molecule has 1 heterocycles. The molecule has 0 saturated carbocycles. The quantitative estimate of drug-likeness (QED) is 0.849. The summed E-state index contributed by atoms with van der Waals surface area (Å²) in [5.74, 6) is 0.903. The zero-order valence-corrected chi connectivity index (χ0v) is 12.6. The molecule has 2 aromatic rings. The minimum atomic E-state index is 0.0282. The van der Waals surface area contributed by atoms with Gasteiger partial charge in [-0.2, -0.15) is 0 Å². The van der Waals surface area contributed by atoms with E-state index in [4.69, 9.17) is 4.74 Å². The van der Waals surface area contributed by atoms with Crippen LogP contribution in [0.4, 0.5) is 5.69 Å². The average molecular weight is 286 g/mol. The van der Waals surface area contributed by atoms with Crippen molar-refractivity contribution in [1.29, 1.82) is 0 Å². The molecule has 0 atom stereocenters. The van der Waals surface area contributed by atoms with E-state index in [9.17, 15) is 4.79 Å². The van der Waals surface area contributed by atoms with Crippen LogP contribution in [0.2, 0.25) is 0 Å². The number of hydrogen-bond donors (Lipinski definition) is 1. The molecule has 1 aromatic carbocycles. The summed E-state index contributed by atoms with van der Waals surface area (Å²) in [6, 6.07) is 11.5. The van der Waals surface area contributed by atoms with Gasteiger partial charge in [0.1, 0.15) is 5.75 Å². The number of nitrogens with one attached hydrogen (secondary N) is 1. The third kappa shape index (κ3) is 4.38. The average Bonchev–Trinajstić information content (AvgIpc) is 2.53. The monoisotopic (exact) mass is 286 g/mol. The Bertz CT molecular complexity index is 617. The number of anilines is 1. The Morgan fingerprint density at radius 2 is 1.86 bits per heavy atom. The van der Waals surface area contributed by atoms with Gasteiger partial charge in [0.2, 0.25) is 0 Å². The second-order valence-corrected chi connectivity index (χ2v) is 4.89. The van der Waals surface area contributed by atoms with Crippen molar-refractivity contribution in [3.8, 4) is 5.75 Å². The fourth-order valence-electron chi connectivity index (χ4n) is 2.01. The molecule has 0 aliphatic carbocycles. The van der Waals surface area contributed by atoms with Crippen LogP contribution >= 0.6 is 0 Å². The second-order valence-electron chi connectivity index (χ2n) is 4.89. The lowest BCUT2D eigenvalue weighted by atomic mass is 10.2. The molecule has 2 rings (SSSR count). The van der Waals surface area contributed by atoms with Crippen molar-refractivity contribution in [1.82, 2.24) is 4.57 Å². The molecule has 4 heteroatoms. The molecule has 0 aliphatic rings.